The lowest BCUT2D eigenvalue weighted by Gasteiger charge is -2.24. The number of hydrogen-bond acceptors (Lipinski definition) is 9. The van der Waals surface area contributed by atoms with Gasteiger partial charge in [0.1, 0.15) is 18.1 Å². The maximum atomic E-state index is 12.9. The highest BCUT2D eigenvalue weighted by molar-refractivity contribution is 7.80. The Morgan fingerprint density at radius 2 is 1.64 bits per heavy atom. The number of aromatic nitrogens is 2. The van der Waals surface area contributed by atoms with E-state index in [4.69, 9.17) is 22.3 Å². The number of aliphatic carboxylic acids is 2. The summed E-state index contributed by atoms with van der Waals surface area (Å²) in [5.41, 5.74) is 16.4. The summed E-state index contributed by atoms with van der Waals surface area (Å²) >= 11 is 4.02. The average Bonchev–Trinajstić information content (AvgIpc) is 3.30. The molecular weight excluding hydrogens is 498 g/mol. The Morgan fingerprint density at radius 1 is 1.03 bits per heavy atom. The number of carboxylic acids is 2. The number of guanidine groups is 1. The van der Waals surface area contributed by atoms with Crippen LogP contribution in [0.2, 0.25) is 0 Å². The highest BCUT2D eigenvalue weighted by Gasteiger charge is 2.30. The first-order valence-corrected chi connectivity index (χ1v) is 11.3. The van der Waals surface area contributed by atoms with Crippen molar-refractivity contribution >= 4 is 48.2 Å². The topological polar surface area (TPSA) is 281 Å². The minimum Gasteiger partial charge on any atom is -0.481 e. The van der Waals surface area contributed by atoms with E-state index in [2.05, 4.69) is 43.5 Å². The van der Waals surface area contributed by atoms with Crippen LogP contribution >= 0.6 is 12.6 Å². The molecular formula is C19H31N9O7S. The van der Waals surface area contributed by atoms with Gasteiger partial charge in [-0.25, -0.2) is 9.78 Å². The number of H-pyrrole nitrogens is 1. The molecule has 17 heteroatoms. The summed E-state index contributed by atoms with van der Waals surface area (Å²) in [7, 11) is 0. The molecule has 16 nitrogen and oxygen atoms in total. The van der Waals surface area contributed by atoms with E-state index >= 15 is 0 Å². The molecule has 0 spiro atoms. The number of nitrogens with two attached hydrogens (primary N) is 3. The molecule has 4 unspecified atom stereocenters. The van der Waals surface area contributed by atoms with Crippen LogP contribution in [0.4, 0.5) is 0 Å². The second-order valence-corrected chi connectivity index (χ2v) is 8.00. The lowest BCUT2D eigenvalue weighted by Crippen LogP contribution is -2.58. The van der Waals surface area contributed by atoms with Gasteiger partial charge in [0.15, 0.2) is 5.96 Å². The van der Waals surface area contributed by atoms with Crippen LogP contribution in [-0.4, -0.2) is 92.3 Å². The Balaban J connectivity index is 2.93. The van der Waals surface area contributed by atoms with E-state index in [0.29, 0.717) is 5.69 Å². The van der Waals surface area contributed by atoms with Crippen LogP contribution in [0.15, 0.2) is 17.5 Å². The van der Waals surface area contributed by atoms with Gasteiger partial charge in [-0.05, 0) is 12.8 Å². The molecule has 1 heterocycles. The summed E-state index contributed by atoms with van der Waals surface area (Å²) in [5, 5.41) is 25.4. The molecule has 0 radical (unpaired) electrons. The summed E-state index contributed by atoms with van der Waals surface area (Å²) in [5.74, 6) is -5.46. The fourth-order valence-corrected chi connectivity index (χ4v) is 3.14. The molecule has 0 saturated carbocycles. The van der Waals surface area contributed by atoms with Crippen molar-refractivity contribution in [1.82, 2.24) is 25.9 Å². The number of thiol groups is 1. The molecule has 12 N–H and O–H groups in total. The minimum atomic E-state index is -1.41. The number of carboxylic acid groups (broad SMARTS) is 2. The second-order valence-electron chi connectivity index (χ2n) is 7.64. The normalized spacial score (nSPS) is 13.9. The SMILES string of the molecule is NC(N)=NCCCC(NC(=O)C(Cc1cnc[nH]1)NC(=O)C(CS)NC(=O)C(N)CC(=O)O)C(=O)O. The number of hydrogen-bond donors (Lipinski definition) is 10. The van der Waals surface area contributed by atoms with Crippen LogP contribution in [0.5, 0.6) is 0 Å². The molecule has 0 aromatic carbocycles. The van der Waals surface area contributed by atoms with Crippen LogP contribution in [0.3, 0.4) is 0 Å². The van der Waals surface area contributed by atoms with E-state index in [1.165, 1.54) is 12.5 Å². The van der Waals surface area contributed by atoms with E-state index in [9.17, 15) is 29.1 Å². The highest BCUT2D eigenvalue weighted by atomic mass is 32.1. The van der Waals surface area contributed by atoms with Crippen LogP contribution in [0, 0.1) is 0 Å². The Morgan fingerprint density at radius 3 is 2.17 bits per heavy atom. The third kappa shape index (κ3) is 11.0. The zero-order valence-electron chi connectivity index (χ0n) is 19.2. The van der Waals surface area contributed by atoms with Crippen LogP contribution in [0.25, 0.3) is 0 Å². The zero-order chi connectivity index (χ0) is 27.3. The zero-order valence-corrected chi connectivity index (χ0v) is 20.1. The summed E-state index contributed by atoms with van der Waals surface area (Å²) in [6, 6.07) is -5.21. The molecule has 0 aliphatic rings. The van der Waals surface area contributed by atoms with E-state index in [1.54, 1.807) is 0 Å². The van der Waals surface area contributed by atoms with Gasteiger partial charge in [-0.2, -0.15) is 12.6 Å². The molecule has 4 atom stereocenters. The van der Waals surface area contributed by atoms with E-state index < -0.39 is 60.2 Å². The molecule has 1 aromatic rings. The maximum absolute atomic E-state index is 12.9. The second kappa shape index (κ2) is 15.2. The molecule has 3 amide bonds. The van der Waals surface area contributed by atoms with Gasteiger partial charge >= 0.3 is 11.9 Å². The molecule has 1 aromatic heterocycles. The van der Waals surface area contributed by atoms with Gasteiger partial charge in [-0.15, -0.1) is 0 Å². The Hall–Kier alpha value is -3.86. The summed E-state index contributed by atoms with van der Waals surface area (Å²) in [4.78, 5) is 70.6. The van der Waals surface area contributed by atoms with Gasteiger partial charge in [0.05, 0.1) is 18.8 Å². The van der Waals surface area contributed by atoms with E-state index in [1.807, 2.05) is 0 Å². The number of aromatic amines is 1. The molecule has 0 bridgehead atoms. The minimum absolute atomic E-state index is 0.0133. The monoisotopic (exact) mass is 529 g/mol. The third-order valence-corrected chi connectivity index (χ3v) is 5.08. The standard InChI is InChI=1S/C19H31N9O7S/c20-10(5-14(29)30)15(31)28-13(7-36)17(33)27-12(4-9-6-23-8-25-9)16(32)26-11(18(34)35)2-1-3-24-19(21)22/h6,8,10-13,36H,1-5,7,20H2,(H,23,25)(H,26,32)(H,27,33)(H,28,31)(H,29,30)(H,34,35)(H4,21,22,24). The number of aliphatic imine (C=N–C) groups is 1. The van der Waals surface area contributed by atoms with Crippen LogP contribution < -0.4 is 33.2 Å². The van der Waals surface area contributed by atoms with Gasteiger partial charge in [0.2, 0.25) is 17.7 Å². The number of amides is 3. The molecule has 0 aliphatic carbocycles. The van der Waals surface area contributed by atoms with Crippen molar-refractivity contribution in [3.63, 3.8) is 0 Å². The average molecular weight is 530 g/mol. The highest BCUT2D eigenvalue weighted by Crippen LogP contribution is 2.04. The molecule has 36 heavy (non-hydrogen) atoms. The van der Waals surface area contributed by atoms with Crippen molar-refractivity contribution in [1.29, 1.82) is 0 Å². The van der Waals surface area contributed by atoms with Crippen molar-refractivity contribution in [2.24, 2.45) is 22.2 Å². The first-order chi connectivity index (χ1) is 16.9. The predicted molar refractivity (Wildman–Crippen MR) is 130 cm³/mol. The van der Waals surface area contributed by atoms with Gasteiger partial charge in [0.25, 0.3) is 0 Å². The van der Waals surface area contributed by atoms with Crippen molar-refractivity contribution in [3.8, 4) is 0 Å². The first kappa shape index (κ1) is 30.2. The molecule has 0 saturated heterocycles. The number of rotatable bonds is 16. The fourth-order valence-electron chi connectivity index (χ4n) is 2.88. The Bertz CT molecular complexity index is 938. The summed E-state index contributed by atoms with van der Waals surface area (Å²) in [6.45, 7) is 0.156. The van der Waals surface area contributed by atoms with E-state index in [0.717, 1.165) is 0 Å². The quantitative estimate of drug-likeness (QED) is 0.0430. The number of nitrogens with zero attached hydrogens (tertiary/aromatic N) is 2. The van der Waals surface area contributed by atoms with Crippen molar-refractivity contribution in [3.05, 3.63) is 18.2 Å². The largest absolute Gasteiger partial charge is 0.481 e. The molecule has 0 aliphatic heterocycles. The van der Waals surface area contributed by atoms with Crippen molar-refractivity contribution < 1.29 is 34.2 Å². The third-order valence-electron chi connectivity index (χ3n) is 4.72. The first-order valence-electron chi connectivity index (χ1n) is 10.7. The van der Waals surface area contributed by atoms with E-state index in [-0.39, 0.29) is 37.5 Å². The fraction of sp³-hybridized carbons (Fsp3) is 0.526. The molecule has 0 fully saturated rings. The number of carbonyl (C=O) groups is 5. The van der Waals surface area contributed by atoms with Crippen molar-refractivity contribution in [2.75, 3.05) is 12.3 Å². The lowest BCUT2D eigenvalue weighted by molar-refractivity contribution is -0.142. The molecule has 200 valence electrons. The number of imidazole rings is 1. The lowest BCUT2D eigenvalue weighted by atomic mass is 10.1. The summed E-state index contributed by atoms with van der Waals surface area (Å²) < 4.78 is 0. The van der Waals surface area contributed by atoms with Gasteiger partial charge in [-0.1, -0.05) is 0 Å². The van der Waals surface area contributed by atoms with Gasteiger partial charge < -0.3 is 48.3 Å². The Labute approximate surface area is 211 Å². The molecule has 1 rings (SSSR count). The van der Waals surface area contributed by atoms with Gasteiger partial charge in [-0.3, -0.25) is 24.2 Å². The smallest absolute Gasteiger partial charge is 0.326 e. The van der Waals surface area contributed by atoms with Crippen LogP contribution in [-0.2, 0) is 30.4 Å². The van der Waals surface area contributed by atoms with Crippen molar-refractivity contribution in [2.45, 2.75) is 49.9 Å². The number of carbonyl (C=O) groups excluding carboxylic acids is 3. The maximum Gasteiger partial charge on any atom is 0.326 e. The van der Waals surface area contributed by atoms with Crippen LogP contribution in [0.1, 0.15) is 25.0 Å². The number of nitrogens with one attached hydrogen (secondary N) is 4. The summed E-state index contributed by atoms with van der Waals surface area (Å²) in [6.07, 6.45) is 2.31. The Kier molecular flexibility index (Phi) is 12.7. The predicted octanol–water partition coefficient (Wildman–Crippen LogP) is -3.72. The van der Waals surface area contributed by atoms with Gasteiger partial charge in [0, 0.05) is 30.6 Å².